The van der Waals surface area contributed by atoms with Crippen LogP contribution in [0.25, 0.3) is 0 Å². The van der Waals surface area contributed by atoms with Crippen molar-refractivity contribution in [1.29, 1.82) is 0 Å². The van der Waals surface area contributed by atoms with Crippen molar-refractivity contribution in [2.24, 2.45) is 0 Å². The summed E-state index contributed by atoms with van der Waals surface area (Å²) in [5.74, 6) is 2.82. The maximum atomic E-state index is 5.82. The molecule has 3 rings (SSSR count). The summed E-state index contributed by atoms with van der Waals surface area (Å²) in [6.45, 7) is 4.87. The molecule has 1 N–H and O–H groups in total. The average molecular weight is 287 g/mol. The van der Waals surface area contributed by atoms with Gasteiger partial charge in [0.05, 0.1) is 19.4 Å². The van der Waals surface area contributed by atoms with E-state index in [0.717, 1.165) is 29.2 Å². The van der Waals surface area contributed by atoms with E-state index in [9.17, 15) is 0 Å². The summed E-state index contributed by atoms with van der Waals surface area (Å²) in [4.78, 5) is 0. The van der Waals surface area contributed by atoms with Gasteiger partial charge >= 0.3 is 0 Å². The largest absolute Gasteiger partial charge is 0.496 e. The van der Waals surface area contributed by atoms with E-state index in [2.05, 4.69) is 31.3 Å². The smallest absolute Gasteiger partial charge is 0.123 e. The summed E-state index contributed by atoms with van der Waals surface area (Å²) >= 11 is 0. The molecule has 1 aliphatic rings. The highest BCUT2D eigenvalue weighted by molar-refractivity contribution is 5.48. The second-order valence-corrected chi connectivity index (χ2v) is 5.52. The first-order valence-corrected chi connectivity index (χ1v) is 7.30. The molecule has 2 aromatic rings. The fraction of sp³-hybridized carbons (Fsp3) is 0.412. The SMILES string of the molecule is COc1cc2c(cc1CNC(C)c1ccco1)OC(C)C2. The van der Waals surface area contributed by atoms with Crippen LogP contribution in [0.5, 0.6) is 11.5 Å². The Bertz CT molecular complexity index is 607. The lowest BCUT2D eigenvalue weighted by Crippen LogP contribution is -2.18. The fourth-order valence-electron chi connectivity index (χ4n) is 2.71. The Morgan fingerprint density at radius 2 is 2.29 bits per heavy atom. The van der Waals surface area contributed by atoms with E-state index in [4.69, 9.17) is 13.9 Å². The molecule has 0 amide bonds. The van der Waals surface area contributed by atoms with E-state index in [1.807, 2.05) is 12.1 Å². The Labute approximate surface area is 125 Å². The van der Waals surface area contributed by atoms with Crippen molar-refractivity contribution >= 4 is 0 Å². The van der Waals surface area contributed by atoms with Crippen molar-refractivity contribution < 1.29 is 13.9 Å². The highest BCUT2D eigenvalue weighted by Gasteiger charge is 2.21. The second-order valence-electron chi connectivity index (χ2n) is 5.52. The Hall–Kier alpha value is -1.94. The molecule has 4 nitrogen and oxygen atoms in total. The van der Waals surface area contributed by atoms with Gasteiger partial charge in [0.2, 0.25) is 0 Å². The van der Waals surface area contributed by atoms with Gasteiger partial charge in [-0.15, -0.1) is 0 Å². The van der Waals surface area contributed by atoms with Crippen LogP contribution >= 0.6 is 0 Å². The van der Waals surface area contributed by atoms with E-state index < -0.39 is 0 Å². The molecule has 2 heterocycles. The monoisotopic (exact) mass is 287 g/mol. The summed E-state index contributed by atoms with van der Waals surface area (Å²) in [5.41, 5.74) is 2.32. The highest BCUT2D eigenvalue weighted by Crippen LogP contribution is 2.35. The summed E-state index contributed by atoms with van der Waals surface area (Å²) in [6, 6.07) is 8.20. The third-order valence-corrected chi connectivity index (χ3v) is 3.87. The van der Waals surface area contributed by atoms with E-state index >= 15 is 0 Å². The van der Waals surface area contributed by atoms with Crippen LogP contribution in [0, 0.1) is 0 Å². The number of ether oxygens (including phenoxy) is 2. The number of hydrogen-bond donors (Lipinski definition) is 1. The predicted octanol–water partition coefficient (Wildman–Crippen LogP) is 3.46. The third-order valence-electron chi connectivity index (χ3n) is 3.87. The van der Waals surface area contributed by atoms with E-state index in [0.29, 0.717) is 6.54 Å². The Morgan fingerprint density at radius 1 is 1.43 bits per heavy atom. The summed E-state index contributed by atoms with van der Waals surface area (Å²) in [6.07, 6.45) is 2.89. The number of nitrogens with one attached hydrogen (secondary N) is 1. The van der Waals surface area contributed by atoms with Gasteiger partial charge in [-0.05, 0) is 38.1 Å². The van der Waals surface area contributed by atoms with Gasteiger partial charge < -0.3 is 19.2 Å². The van der Waals surface area contributed by atoms with Crippen LogP contribution in [0.3, 0.4) is 0 Å². The molecule has 0 spiro atoms. The molecule has 21 heavy (non-hydrogen) atoms. The van der Waals surface area contributed by atoms with Gasteiger partial charge in [0, 0.05) is 24.1 Å². The van der Waals surface area contributed by atoms with Crippen LogP contribution in [0.2, 0.25) is 0 Å². The standard InChI is InChI=1S/C17H21NO3/c1-11-7-13-8-16(19-3)14(9-17(13)21-11)10-18-12(2)15-5-4-6-20-15/h4-6,8-9,11-12,18H,7,10H2,1-3H3. The van der Waals surface area contributed by atoms with Crippen LogP contribution < -0.4 is 14.8 Å². The zero-order chi connectivity index (χ0) is 14.8. The topological polar surface area (TPSA) is 43.6 Å². The molecule has 0 bridgehead atoms. The number of rotatable bonds is 5. The Balaban J connectivity index is 1.74. The van der Waals surface area contributed by atoms with Gasteiger partial charge in [0.25, 0.3) is 0 Å². The first-order valence-electron chi connectivity index (χ1n) is 7.30. The first kappa shape index (κ1) is 14.0. The minimum atomic E-state index is 0.151. The Morgan fingerprint density at radius 3 is 3.00 bits per heavy atom. The molecule has 2 atom stereocenters. The van der Waals surface area contributed by atoms with Crippen molar-refractivity contribution in [3.63, 3.8) is 0 Å². The molecular weight excluding hydrogens is 266 g/mol. The predicted molar refractivity (Wildman–Crippen MR) is 80.8 cm³/mol. The average Bonchev–Trinajstić information content (AvgIpc) is 3.11. The molecule has 1 aromatic carbocycles. The molecule has 112 valence electrons. The molecule has 1 aromatic heterocycles. The minimum Gasteiger partial charge on any atom is -0.496 e. The van der Waals surface area contributed by atoms with Crippen LogP contribution in [-0.4, -0.2) is 13.2 Å². The van der Waals surface area contributed by atoms with Crippen molar-refractivity contribution in [1.82, 2.24) is 5.32 Å². The highest BCUT2D eigenvalue weighted by atomic mass is 16.5. The lowest BCUT2D eigenvalue weighted by Gasteiger charge is -2.15. The van der Waals surface area contributed by atoms with Crippen LogP contribution in [0.4, 0.5) is 0 Å². The molecule has 0 saturated heterocycles. The zero-order valence-electron chi connectivity index (χ0n) is 12.7. The molecule has 0 saturated carbocycles. The number of fused-ring (bicyclic) bond motifs is 1. The minimum absolute atomic E-state index is 0.151. The van der Waals surface area contributed by atoms with Gasteiger partial charge in [0.1, 0.15) is 23.4 Å². The zero-order valence-corrected chi connectivity index (χ0v) is 12.7. The first-order chi connectivity index (χ1) is 10.2. The fourth-order valence-corrected chi connectivity index (χ4v) is 2.71. The normalized spacial score (nSPS) is 18.1. The summed E-state index contributed by atoms with van der Waals surface area (Å²) in [5, 5.41) is 3.45. The number of furan rings is 1. The molecule has 0 aliphatic carbocycles. The molecule has 4 heteroatoms. The van der Waals surface area contributed by atoms with E-state index in [1.165, 1.54) is 5.56 Å². The summed E-state index contributed by atoms with van der Waals surface area (Å²) in [7, 11) is 1.71. The summed E-state index contributed by atoms with van der Waals surface area (Å²) < 4.78 is 16.7. The lowest BCUT2D eigenvalue weighted by atomic mass is 10.1. The number of hydrogen-bond acceptors (Lipinski definition) is 4. The lowest BCUT2D eigenvalue weighted by molar-refractivity contribution is 0.254. The third kappa shape index (κ3) is 2.90. The maximum Gasteiger partial charge on any atom is 0.123 e. The van der Waals surface area contributed by atoms with Crippen LogP contribution in [0.15, 0.2) is 34.9 Å². The van der Waals surface area contributed by atoms with Gasteiger partial charge in [-0.2, -0.15) is 0 Å². The van der Waals surface area contributed by atoms with Crippen molar-refractivity contribution in [2.75, 3.05) is 7.11 Å². The Kier molecular flexibility index (Phi) is 3.88. The van der Waals surface area contributed by atoms with Crippen molar-refractivity contribution in [3.05, 3.63) is 47.4 Å². The molecular formula is C17H21NO3. The molecule has 0 radical (unpaired) electrons. The van der Waals surface area contributed by atoms with Gasteiger partial charge in [0.15, 0.2) is 0 Å². The van der Waals surface area contributed by atoms with Crippen molar-refractivity contribution in [2.45, 2.75) is 39.0 Å². The van der Waals surface area contributed by atoms with Gasteiger partial charge in [-0.3, -0.25) is 0 Å². The van der Waals surface area contributed by atoms with Crippen LogP contribution in [0.1, 0.15) is 36.8 Å². The van der Waals surface area contributed by atoms with E-state index in [1.54, 1.807) is 13.4 Å². The number of methoxy groups -OCH3 is 1. The molecule has 1 aliphatic heterocycles. The quantitative estimate of drug-likeness (QED) is 0.914. The number of benzene rings is 1. The van der Waals surface area contributed by atoms with Gasteiger partial charge in [-0.25, -0.2) is 0 Å². The molecule has 2 unspecified atom stereocenters. The maximum absolute atomic E-state index is 5.82. The molecule has 0 fully saturated rings. The van der Waals surface area contributed by atoms with Crippen molar-refractivity contribution in [3.8, 4) is 11.5 Å². The van der Waals surface area contributed by atoms with E-state index in [-0.39, 0.29) is 12.1 Å². The van der Waals surface area contributed by atoms with Crippen LogP contribution in [-0.2, 0) is 13.0 Å². The second kappa shape index (κ2) is 5.82. The van der Waals surface area contributed by atoms with Gasteiger partial charge in [-0.1, -0.05) is 0 Å².